The lowest BCUT2D eigenvalue weighted by Crippen LogP contribution is -2.38. The van der Waals surface area contributed by atoms with Crippen LogP contribution in [0.4, 0.5) is 0 Å². The Morgan fingerprint density at radius 2 is 2.23 bits per heavy atom. The Morgan fingerprint density at radius 1 is 1.41 bits per heavy atom. The second-order valence-corrected chi connectivity index (χ2v) is 5.20. The number of carbonyl (C=O) groups is 1. The quantitative estimate of drug-likeness (QED) is 0.613. The topological polar surface area (TPSA) is 94.5 Å². The van der Waals surface area contributed by atoms with Gasteiger partial charge in [-0.15, -0.1) is 0 Å². The number of rotatable bonds is 5. The fourth-order valence-electron chi connectivity index (χ4n) is 2.45. The third-order valence-electron chi connectivity index (χ3n) is 3.69. The van der Waals surface area contributed by atoms with Crippen LogP contribution in [0.1, 0.15) is 16.8 Å². The smallest absolute Gasteiger partial charge is 0.251 e. The predicted molar refractivity (Wildman–Crippen MR) is 77.2 cm³/mol. The Morgan fingerprint density at radius 3 is 3.05 bits per heavy atom. The normalized spacial score (nSPS) is 16.0. The van der Waals surface area contributed by atoms with Crippen LogP contribution in [0.5, 0.6) is 0 Å². The van der Waals surface area contributed by atoms with Gasteiger partial charge in [0, 0.05) is 36.4 Å². The minimum absolute atomic E-state index is 0.177. The molecule has 0 saturated carbocycles. The molecule has 1 aromatic heterocycles. The number of hydrogen-bond acceptors (Lipinski definition) is 6. The first-order valence-corrected chi connectivity index (χ1v) is 7.32. The molecule has 0 radical (unpaired) electrons. The molecule has 1 N–H and O–H groups in total. The van der Waals surface area contributed by atoms with E-state index in [1.165, 1.54) is 6.07 Å². The van der Waals surface area contributed by atoms with Gasteiger partial charge < -0.3 is 15.3 Å². The number of aromatic nitrogens is 2. The van der Waals surface area contributed by atoms with E-state index >= 15 is 0 Å². The third kappa shape index (κ3) is 3.34. The van der Waals surface area contributed by atoms with E-state index in [-0.39, 0.29) is 5.91 Å². The molecule has 1 aliphatic heterocycles. The summed E-state index contributed by atoms with van der Waals surface area (Å²) in [7, 11) is 0. The van der Waals surface area contributed by atoms with Gasteiger partial charge in [-0.2, -0.15) is 0 Å². The van der Waals surface area contributed by atoms with Crippen molar-refractivity contribution in [1.82, 2.24) is 15.4 Å². The number of ether oxygens (including phenoxy) is 1. The number of fused-ring (bicyclic) bond motifs is 1. The van der Waals surface area contributed by atoms with Crippen molar-refractivity contribution in [1.29, 1.82) is 0 Å². The van der Waals surface area contributed by atoms with Crippen molar-refractivity contribution < 1.29 is 19.1 Å². The standard InChI is InChI=1S/C14H18N4O4/c19-14(15-4-1-5-17-6-8-21-9-7-17)11-2-3-13-12(10-11)16-22-18(13)20/h2-3,10H,1,4-9H2,(H,15,19). The summed E-state index contributed by atoms with van der Waals surface area (Å²) in [6.07, 6.45) is 0.887. The van der Waals surface area contributed by atoms with Crippen LogP contribution in [0.15, 0.2) is 22.8 Å². The minimum atomic E-state index is -0.177. The van der Waals surface area contributed by atoms with E-state index in [4.69, 9.17) is 4.74 Å². The Kier molecular flexibility index (Phi) is 4.50. The van der Waals surface area contributed by atoms with Gasteiger partial charge in [0.15, 0.2) is 0 Å². The predicted octanol–water partition coefficient (Wildman–Crippen LogP) is -0.0867. The highest BCUT2D eigenvalue weighted by Gasteiger charge is 2.14. The molecule has 1 aliphatic rings. The second-order valence-electron chi connectivity index (χ2n) is 5.20. The van der Waals surface area contributed by atoms with Gasteiger partial charge in [-0.05, 0) is 30.0 Å². The number of amides is 1. The number of nitrogens with one attached hydrogen (secondary N) is 1. The monoisotopic (exact) mass is 306 g/mol. The zero-order valence-corrected chi connectivity index (χ0v) is 12.2. The zero-order valence-electron chi connectivity index (χ0n) is 12.2. The lowest BCUT2D eigenvalue weighted by Gasteiger charge is -2.26. The number of benzene rings is 1. The first-order chi connectivity index (χ1) is 10.7. The van der Waals surface area contributed by atoms with Gasteiger partial charge >= 0.3 is 0 Å². The van der Waals surface area contributed by atoms with E-state index in [0.29, 0.717) is 28.0 Å². The summed E-state index contributed by atoms with van der Waals surface area (Å²) in [6, 6.07) is 4.66. The summed E-state index contributed by atoms with van der Waals surface area (Å²) >= 11 is 0. The van der Waals surface area contributed by atoms with Gasteiger partial charge in [0.25, 0.3) is 5.91 Å². The SMILES string of the molecule is O=C(NCCCN1CCOCC1)c1ccc2c(c1)no[n+]2[O-]. The van der Waals surface area contributed by atoms with E-state index in [2.05, 4.69) is 20.0 Å². The molecule has 8 nitrogen and oxygen atoms in total. The minimum Gasteiger partial charge on any atom is -0.379 e. The van der Waals surface area contributed by atoms with Crippen LogP contribution >= 0.6 is 0 Å². The zero-order chi connectivity index (χ0) is 15.4. The molecule has 1 aromatic carbocycles. The van der Waals surface area contributed by atoms with Crippen molar-refractivity contribution in [2.75, 3.05) is 39.4 Å². The maximum Gasteiger partial charge on any atom is 0.251 e. The molecule has 2 heterocycles. The molecule has 0 unspecified atom stereocenters. The van der Waals surface area contributed by atoms with Crippen molar-refractivity contribution in [3.8, 4) is 0 Å². The molecule has 0 aliphatic carbocycles. The van der Waals surface area contributed by atoms with Gasteiger partial charge in [0.1, 0.15) is 0 Å². The van der Waals surface area contributed by atoms with Crippen LogP contribution in [0, 0.1) is 5.21 Å². The maximum atomic E-state index is 12.1. The summed E-state index contributed by atoms with van der Waals surface area (Å²) in [6.45, 7) is 5.02. The van der Waals surface area contributed by atoms with Gasteiger partial charge in [-0.3, -0.25) is 14.3 Å². The van der Waals surface area contributed by atoms with Crippen molar-refractivity contribution in [3.63, 3.8) is 0 Å². The Hall–Kier alpha value is -2.19. The molecular weight excluding hydrogens is 288 g/mol. The number of hydrogen-bond donors (Lipinski definition) is 1. The van der Waals surface area contributed by atoms with Crippen LogP contribution in [-0.2, 0) is 4.74 Å². The summed E-state index contributed by atoms with van der Waals surface area (Å²) in [5.41, 5.74) is 1.15. The second kappa shape index (κ2) is 6.71. The van der Waals surface area contributed by atoms with E-state index in [1.54, 1.807) is 12.1 Å². The molecule has 3 rings (SSSR count). The first-order valence-electron chi connectivity index (χ1n) is 7.32. The van der Waals surface area contributed by atoms with Crippen LogP contribution in [0.25, 0.3) is 11.0 Å². The van der Waals surface area contributed by atoms with Gasteiger partial charge in [0.2, 0.25) is 11.0 Å². The highest BCUT2D eigenvalue weighted by molar-refractivity contribution is 5.96. The largest absolute Gasteiger partial charge is 0.379 e. The fourth-order valence-corrected chi connectivity index (χ4v) is 2.45. The van der Waals surface area contributed by atoms with Crippen LogP contribution in [-0.4, -0.2) is 55.4 Å². The Bertz CT molecular complexity index is 651. The molecule has 1 saturated heterocycles. The number of nitrogens with zero attached hydrogens (tertiary/aromatic N) is 3. The summed E-state index contributed by atoms with van der Waals surface area (Å²) in [4.78, 5) is 14.7. The van der Waals surface area contributed by atoms with Crippen LogP contribution < -0.4 is 10.2 Å². The van der Waals surface area contributed by atoms with Crippen molar-refractivity contribution >= 4 is 16.9 Å². The molecule has 1 fully saturated rings. The summed E-state index contributed by atoms with van der Waals surface area (Å²) in [5, 5.41) is 17.7. The number of carbonyl (C=O) groups excluding carboxylic acids is 1. The molecule has 8 heteroatoms. The molecule has 0 bridgehead atoms. The summed E-state index contributed by atoms with van der Waals surface area (Å²) < 4.78 is 9.77. The highest BCUT2D eigenvalue weighted by Crippen LogP contribution is 2.10. The number of morpholine rings is 1. The molecule has 2 aromatic rings. The molecular formula is C14H18N4O4. The molecule has 0 spiro atoms. The Balaban J connectivity index is 1.48. The van der Waals surface area contributed by atoms with Gasteiger partial charge in [-0.1, -0.05) is 0 Å². The fraction of sp³-hybridized carbons (Fsp3) is 0.500. The lowest BCUT2D eigenvalue weighted by molar-refractivity contribution is -0.782. The molecule has 118 valence electrons. The van der Waals surface area contributed by atoms with Gasteiger partial charge in [0.05, 0.1) is 13.2 Å². The van der Waals surface area contributed by atoms with Crippen molar-refractivity contribution in [2.45, 2.75) is 6.42 Å². The summed E-state index contributed by atoms with van der Waals surface area (Å²) in [5.74, 6) is -0.177. The third-order valence-corrected chi connectivity index (χ3v) is 3.69. The van der Waals surface area contributed by atoms with Crippen molar-refractivity contribution in [3.05, 3.63) is 29.0 Å². The van der Waals surface area contributed by atoms with Crippen LogP contribution in [0.2, 0.25) is 0 Å². The molecule has 22 heavy (non-hydrogen) atoms. The van der Waals surface area contributed by atoms with E-state index < -0.39 is 0 Å². The first kappa shape index (κ1) is 14.7. The molecule has 0 atom stereocenters. The van der Waals surface area contributed by atoms with Gasteiger partial charge in [-0.25, -0.2) is 0 Å². The van der Waals surface area contributed by atoms with E-state index in [1.807, 2.05) is 0 Å². The Labute approximate surface area is 127 Å². The highest BCUT2D eigenvalue weighted by atomic mass is 16.8. The van der Waals surface area contributed by atoms with Crippen molar-refractivity contribution in [2.24, 2.45) is 0 Å². The van der Waals surface area contributed by atoms with E-state index in [9.17, 15) is 10.0 Å². The maximum absolute atomic E-state index is 12.1. The lowest BCUT2D eigenvalue weighted by atomic mass is 10.2. The van der Waals surface area contributed by atoms with E-state index in [0.717, 1.165) is 39.3 Å². The molecule has 1 amide bonds. The van der Waals surface area contributed by atoms with Crippen LogP contribution in [0.3, 0.4) is 0 Å². The average molecular weight is 306 g/mol. The average Bonchev–Trinajstić information content (AvgIpc) is 2.93.